The van der Waals surface area contributed by atoms with Crippen molar-refractivity contribution in [1.82, 2.24) is 15.3 Å². The predicted molar refractivity (Wildman–Crippen MR) is 131 cm³/mol. The minimum Gasteiger partial charge on any atom is -0.362 e. The van der Waals surface area contributed by atoms with Gasteiger partial charge in [0.2, 0.25) is 5.95 Å². The molecule has 5 heteroatoms. The number of hydrogen-bond donors (Lipinski definition) is 2. The third-order valence-electron chi connectivity index (χ3n) is 6.57. The number of rotatable bonds is 7. The molecule has 4 rings (SSSR count). The normalized spacial score (nSPS) is 18.8. The Bertz CT molecular complexity index is 1000. The van der Waals surface area contributed by atoms with Gasteiger partial charge in [0.05, 0.1) is 5.52 Å². The van der Waals surface area contributed by atoms with Crippen LogP contribution in [0.25, 0.3) is 10.9 Å². The van der Waals surface area contributed by atoms with E-state index in [0.717, 1.165) is 41.7 Å². The number of benzene rings is 2. The molecule has 0 saturated heterocycles. The van der Waals surface area contributed by atoms with Crippen LogP contribution in [0.5, 0.6) is 0 Å². The Balaban J connectivity index is 1.30. The van der Waals surface area contributed by atoms with Gasteiger partial charge in [-0.2, -0.15) is 4.98 Å². The van der Waals surface area contributed by atoms with Gasteiger partial charge in [0.1, 0.15) is 5.82 Å². The smallest absolute Gasteiger partial charge is 0.225 e. The fourth-order valence-corrected chi connectivity index (χ4v) is 4.69. The quantitative estimate of drug-likeness (QED) is 0.562. The van der Waals surface area contributed by atoms with Crippen molar-refractivity contribution in [3.63, 3.8) is 0 Å². The summed E-state index contributed by atoms with van der Waals surface area (Å²) in [5.74, 6) is 2.47. The molecule has 0 bridgehead atoms. The Morgan fingerprint density at radius 1 is 0.903 bits per heavy atom. The first-order valence-electron chi connectivity index (χ1n) is 11.5. The van der Waals surface area contributed by atoms with Crippen LogP contribution in [0, 0.1) is 19.8 Å². The maximum absolute atomic E-state index is 4.80. The van der Waals surface area contributed by atoms with Crippen molar-refractivity contribution >= 4 is 22.7 Å². The van der Waals surface area contributed by atoms with Crippen molar-refractivity contribution in [3.8, 4) is 0 Å². The van der Waals surface area contributed by atoms with Gasteiger partial charge in [-0.3, -0.25) is 0 Å². The van der Waals surface area contributed by atoms with Crippen molar-refractivity contribution in [2.75, 3.05) is 30.9 Å². The van der Waals surface area contributed by atoms with Gasteiger partial charge in [-0.1, -0.05) is 30.3 Å². The second kappa shape index (κ2) is 9.65. The molecule has 5 nitrogen and oxygen atoms in total. The van der Waals surface area contributed by atoms with Crippen LogP contribution in [0.1, 0.15) is 42.4 Å². The highest BCUT2D eigenvalue weighted by atomic mass is 15.2. The monoisotopic (exact) mass is 417 g/mol. The molecule has 164 valence electrons. The fourth-order valence-electron chi connectivity index (χ4n) is 4.69. The molecule has 2 N–H and O–H groups in total. The Kier molecular flexibility index (Phi) is 6.71. The van der Waals surface area contributed by atoms with E-state index in [2.05, 4.69) is 59.7 Å². The minimum absolute atomic E-state index is 0.450. The first kappa shape index (κ1) is 21.6. The van der Waals surface area contributed by atoms with Gasteiger partial charge in [0, 0.05) is 32.1 Å². The molecule has 1 aliphatic carbocycles. The standard InChI is InChI=1S/C26H35N5/c1-18-8-7-9-19(2)23(18)17-27-16-20-12-14-21(15-13-20)28-26-29-24-11-6-5-10-22(24)25(30-26)31(3)4/h5-11,20-21,27H,12-17H2,1-4H3,(H,28,29,30). The highest BCUT2D eigenvalue weighted by molar-refractivity contribution is 5.90. The zero-order valence-corrected chi connectivity index (χ0v) is 19.3. The zero-order valence-electron chi connectivity index (χ0n) is 19.3. The highest BCUT2D eigenvalue weighted by Gasteiger charge is 2.22. The summed E-state index contributed by atoms with van der Waals surface area (Å²) in [6, 6.07) is 15.2. The number of aromatic nitrogens is 2. The van der Waals surface area contributed by atoms with Crippen LogP contribution < -0.4 is 15.5 Å². The summed E-state index contributed by atoms with van der Waals surface area (Å²) in [5.41, 5.74) is 5.21. The van der Waals surface area contributed by atoms with Crippen LogP contribution in [-0.4, -0.2) is 36.6 Å². The number of hydrogen-bond acceptors (Lipinski definition) is 5. The number of para-hydroxylation sites is 1. The summed E-state index contributed by atoms with van der Waals surface area (Å²) in [7, 11) is 4.07. The van der Waals surface area contributed by atoms with Gasteiger partial charge in [-0.25, -0.2) is 4.98 Å². The van der Waals surface area contributed by atoms with E-state index in [1.165, 1.54) is 42.4 Å². The Morgan fingerprint density at radius 2 is 1.61 bits per heavy atom. The Labute approximate surface area is 186 Å². The van der Waals surface area contributed by atoms with E-state index in [1.807, 2.05) is 26.2 Å². The summed E-state index contributed by atoms with van der Waals surface area (Å²) in [6.07, 6.45) is 4.82. The molecular formula is C26H35N5. The molecule has 0 amide bonds. The largest absolute Gasteiger partial charge is 0.362 e. The maximum Gasteiger partial charge on any atom is 0.225 e. The topological polar surface area (TPSA) is 53.1 Å². The van der Waals surface area contributed by atoms with E-state index in [9.17, 15) is 0 Å². The number of nitrogens with one attached hydrogen (secondary N) is 2. The molecule has 1 aromatic heterocycles. The molecule has 1 saturated carbocycles. The SMILES string of the molecule is Cc1cccc(C)c1CNCC1CCC(Nc2nc(N(C)C)c3ccccc3n2)CC1. The average Bonchev–Trinajstić information content (AvgIpc) is 2.76. The first-order valence-corrected chi connectivity index (χ1v) is 11.5. The van der Waals surface area contributed by atoms with Gasteiger partial charge in [0.25, 0.3) is 0 Å². The molecule has 0 atom stereocenters. The third kappa shape index (κ3) is 5.16. The number of anilines is 2. The number of fused-ring (bicyclic) bond motifs is 1. The lowest BCUT2D eigenvalue weighted by Crippen LogP contribution is -2.32. The Morgan fingerprint density at radius 3 is 2.32 bits per heavy atom. The molecule has 1 fully saturated rings. The van der Waals surface area contributed by atoms with Gasteiger partial charge in [-0.15, -0.1) is 0 Å². The van der Waals surface area contributed by atoms with E-state index in [1.54, 1.807) is 0 Å². The van der Waals surface area contributed by atoms with E-state index in [4.69, 9.17) is 9.97 Å². The first-order chi connectivity index (χ1) is 15.0. The van der Waals surface area contributed by atoms with E-state index >= 15 is 0 Å². The van der Waals surface area contributed by atoms with Gasteiger partial charge >= 0.3 is 0 Å². The lowest BCUT2D eigenvalue weighted by Gasteiger charge is -2.29. The second-order valence-corrected chi connectivity index (χ2v) is 9.15. The third-order valence-corrected chi connectivity index (χ3v) is 6.57. The van der Waals surface area contributed by atoms with Crippen molar-refractivity contribution in [2.24, 2.45) is 5.92 Å². The highest BCUT2D eigenvalue weighted by Crippen LogP contribution is 2.28. The van der Waals surface area contributed by atoms with E-state index in [0.29, 0.717) is 6.04 Å². The molecule has 2 aromatic carbocycles. The average molecular weight is 418 g/mol. The lowest BCUT2D eigenvalue weighted by molar-refractivity contribution is 0.323. The molecule has 1 heterocycles. The fraction of sp³-hybridized carbons (Fsp3) is 0.462. The number of aryl methyl sites for hydroxylation is 2. The molecule has 3 aromatic rings. The molecule has 0 aliphatic heterocycles. The molecule has 0 spiro atoms. The molecular weight excluding hydrogens is 382 g/mol. The van der Waals surface area contributed by atoms with Crippen molar-refractivity contribution in [2.45, 2.75) is 52.1 Å². The second-order valence-electron chi connectivity index (χ2n) is 9.15. The predicted octanol–water partition coefficient (Wildman–Crippen LogP) is 5.07. The van der Waals surface area contributed by atoms with Crippen LogP contribution in [0.4, 0.5) is 11.8 Å². The summed E-state index contributed by atoms with van der Waals surface area (Å²) in [4.78, 5) is 11.6. The summed E-state index contributed by atoms with van der Waals surface area (Å²) < 4.78 is 0. The number of nitrogens with zero attached hydrogens (tertiary/aromatic N) is 3. The summed E-state index contributed by atoms with van der Waals surface area (Å²) in [5, 5.41) is 8.42. The van der Waals surface area contributed by atoms with E-state index < -0.39 is 0 Å². The zero-order chi connectivity index (χ0) is 21.8. The van der Waals surface area contributed by atoms with Crippen LogP contribution in [0.2, 0.25) is 0 Å². The van der Waals surface area contributed by atoms with Gasteiger partial charge < -0.3 is 15.5 Å². The Hall–Kier alpha value is -2.66. The molecule has 1 aliphatic rings. The maximum atomic E-state index is 4.80. The molecule has 31 heavy (non-hydrogen) atoms. The van der Waals surface area contributed by atoms with Crippen molar-refractivity contribution in [1.29, 1.82) is 0 Å². The summed E-state index contributed by atoms with van der Waals surface area (Å²) >= 11 is 0. The van der Waals surface area contributed by atoms with Crippen LogP contribution in [-0.2, 0) is 6.54 Å². The van der Waals surface area contributed by atoms with Crippen molar-refractivity contribution < 1.29 is 0 Å². The summed E-state index contributed by atoms with van der Waals surface area (Å²) in [6.45, 7) is 6.47. The van der Waals surface area contributed by atoms with E-state index in [-0.39, 0.29) is 0 Å². The van der Waals surface area contributed by atoms with Gasteiger partial charge in [0.15, 0.2) is 0 Å². The van der Waals surface area contributed by atoms with Crippen molar-refractivity contribution in [3.05, 3.63) is 59.2 Å². The van der Waals surface area contributed by atoms with Crippen LogP contribution in [0.15, 0.2) is 42.5 Å². The lowest BCUT2D eigenvalue weighted by atomic mass is 9.86. The minimum atomic E-state index is 0.450. The molecule has 0 radical (unpaired) electrons. The van der Waals surface area contributed by atoms with Crippen LogP contribution in [0.3, 0.4) is 0 Å². The molecule has 0 unspecified atom stereocenters. The van der Waals surface area contributed by atoms with Crippen LogP contribution >= 0.6 is 0 Å². The van der Waals surface area contributed by atoms with Gasteiger partial charge in [-0.05, 0) is 80.8 Å².